The van der Waals surface area contributed by atoms with Crippen LogP contribution in [-0.2, 0) is 0 Å². The molecule has 0 aliphatic carbocycles. The van der Waals surface area contributed by atoms with Crippen LogP contribution in [-0.4, -0.2) is 16.0 Å². The van der Waals surface area contributed by atoms with Crippen molar-refractivity contribution in [3.05, 3.63) is 47.8 Å². The lowest BCUT2D eigenvalue weighted by atomic mass is 10.0. The highest BCUT2D eigenvalue weighted by atomic mass is 16.3. The molecule has 17 heavy (non-hydrogen) atoms. The Kier molecular flexibility index (Phi) is 2.78. The van der Waals surface area contributed by atoms with Gasteiger partial charge in [0.05, 0.1) is 0 Å². The Hall–Kier alpha value is -2.36. The molecule has 4 heteroatoms. The highest BCUT2D eigenvalue weighted by molar-refractivity contribution is 5.92. The normalized spacial score (nSPS) is 10.2. The molecule has 1 heterocycles. The molecule has 0 bridgehead atoms. The second-order valence-electron chi connectivity index (χ2n) is 3.80. The molecule has 2 rings (SSSR count). The molecule has 0 atom stereocenters. The molecule has 0 unspecified atom stereocenters. The zero-order valence-electron chi connectivity index (χ0n) is 9.34. The van der Waals surface area contributed by atoms with E-state index in [1.54, 1.807) is 36.5 Å². The molecule has 0 fully saturated rings. The largest absolute Gasteiger partial charge is 0.508 e. The van der Waals surface area contributed by atoms with E-state index in [1.165, 1.54) is 0 Å². The van der Waals surface area contributed by atoms with Crippen molar-refractivity contribution in [1.82, 2.24) is 4.98 Å². The standard InChI is InChI=1S/C13H12N2O2/c1-8-7-15-12(13(14)17)6-11(8)9-2-4-10(16)5-3-9/h2-7,16H,1H3,(H2,14,17). The van der Waals surface area contributed by atoms with Crippen LogP contribution in [0.4, 0.5) is 0 Å². The van der Waals surface area contributed by atoms with Crippen molar-refractivity contribution < 1.29 is 9.90 Å². The van der Waals surface area contributed by atoms with Crippen molar-refractivity contribution >= 4 is 5.91 Å². The van der Waals surface area contributed by atoms with Crippen LogP contribution in [0.3, 0.4) is 0 Å². The van der Waals surface area contributed by atoms with Gasteiger partial charge in [-0.2, -0.15) is 0 Å². The van der Waals surface area contributed by atoms with Crippen molar-refractivity contribution in [2.75, 3.05) is 0 Å². The Morgan fingerprint density at radius 2 is 1.94 bits per heavy atom. The van der Waals surface area contributed by atoms with Gasteiger partial charge in [-0.3, -0.25) is 9.78 Å². The number of hydrogen-bond acceptors (Lipinski definition) is 3. The number of primary amides is 1. The first kappa shape index (κ1) is 11.1. The van der Waals surface area contributed by atoms with Gasteiger partial charge < -0.3 is 10.8 Å². The van der Waals surface area contributed by atoms with Crippen LogP contribution < -0.4 is 5.73 Å². The van der Waals surface area contributed by atoms with Crippen LogP contribution in [0.1, 0.15) is 16.1 Å². The van der Waals surface area contributed by atoms with Crippen LogP contribution in [0.2, 0.25) is 0 Å². The summed E-state index contributed by atoms with van der Waals surface area (Å²) >= 11 is 0. The Labute approximate surface area is 98.7 Å². The molecule has 3 N–H and O–H groups in total. The van der Waals surface area contributed by atoms with E-state index in [4.69, 9.17) is 5.73 Å². The van der Waals surface area contributed by atoms with E-state index in [0.717, 1.165) is 16.7 Å². The maximum absolute atomic E-state index is 11.1. The first-order chi connectivity index (χ1) is 8.08. The summed E-state index contributed by atoms with van der Waals surface area (Å²) in [6.07, 6.45) is 1.61. The van der Waals surface area contributed by atoms with Crippen LogP contribution in [0.5, 0.6) is 5.75 Å². The number of phenols is 1. The number of rotatable bonds is 2. The van der Waals surface area contributed by atoms with E-state index in [-0.39, 0.29) is 11.4 Å². The third kappa shape index (κ3) is 2.25. The Balaban J connectivity index is 2.54. The van der Waals surface area contributed by atoms with Crippen molar-refractivity contribution in [3.63, 3.8) is 0 Å². The Morgan fingerprint density at radius 1 is 1.29 bits per heavy atom. The molecule has 0 spiro atoms. The van der Waals surface area contributed by atoms with Gasteiger partial charge >= 0.3 is 0 Å². The van der Waals surface area contributed by atoms with Crippen LogP contribution in [0.25, 0.3) is 11.1 Å². The summed E-state index contributed by atoms with van der Waals surface area (Å²) in [6.45, 7) is 1.90. The summed E-state index contributed by atoms with van der Waals surface area (Å²) in [6, 6.07) is 8.41. The SMILES string of the molecule is Cc1cnc(C(N)=O)cc1-c1ccc(O)cc1. The Bertz CT molecular complexity index is 562. The van der Waals surface area contributed by atoms with E-state index < -0.39 is 5.91 Å². The summed E-state index contributed by atoms with van der Waals surface area (Å²) in [5.74, 6) is -0.347. The van der Waals surface area contributed by atoms with E-state index >= 15 is 0 Å². The van der Waals surface area contributed by atoms with E-state index in [2.05, 4.69) is 4.98 Å². The molecule has 0 radical (unpaired) electrons. The molecular formula is C13H12N2O2. The Morgan fingerprint density at radius 3 is 2.53 bits per heavy atom. The lowest BCUT2D eigenvalue weighted by molar-refractivity contribution is 0.0995. The molecule has 0 aliphatic rings. The maximum Gasteiger partial charge on any atom is 0.267 e. The number of aromatic nitrogens is 1. The minimum atomic E-state index is -0.551. The number of pyridine rings is 1. The highest BCUT2D eigenvalue weighted by Crippen LogP contribution is 2.25. The molecule has 86 valence electrons. The fourth-order valence-corrected chi connectivity index (χ4v) is 1.61. The summed E-state index contributed by atoms with van der Waals surface area (Å²) in [4.78, 5) is 15.0. The fraction of sp³-hybridized carbons (Fsp3) is 0.0769. The summed E-state index contributed by atoms with van der Waals surface area (Å²) in [5.41, 5.74) is 8.16. The van der Waals surface area contributed by atoms with Gasteiger partial charge in [0.15, 0.2) is 0 Å². The van der Waals surface area contributed by atoms with Crippen LogP contribution >= 0.6 is 0 Å². The predicted octanol–water partition coefficient (Wildman–Crippen LogP) is 1.86. The summed E-state index contributed by atoms with van der Waals surface area (Å²) in [5, 5.41) is 9.23. The number of phenolic OH excluding ortho intramolecular Hbond substituents is 1. The zero-order valence-corrected chi connectivity index (χ0v) is 9.34. The predicted molar refractivity (Wildman–Crippen MR) is 64.6 cm³/mol. The number of nitrogens with zero attached hydrogens (tertiary/aromatic N) is 1. The van der Waals surface area contributed by atoms with Gasteiger partial charge in [-0.25, -0.2) is 0 Å². The average Bonchev–Trinajstić information content (AvgIpc) is 2.31. The smallest absolute Gasteiger partial charge is 0.267 e. The van der Waals surface area contributed by atoms with Crippen molar-refractivity contribution in [2.24, 2.45) is 5.73 Å². The van der Waals surface area contributed by atoms with Crippen molar-refractivity contribution in [2.45, 2.75) is 6.92 Å². The number of benzene rings is 1. The van der Waals surface area contributed by atoms with Crippen molar-refractivity contribution in [3.8, 4) is 16.9 Å². The zero-order chi connectivity index (χ0) is 12.4. The monoisotopic (exact) mass is 228 g/mol. The number of aryl methyl sites for hydroxylation is 1. The summed E-state index contributed by atoms with van der Waals surface area (Å²) < 4.78 is 0. The second kappa shape index (κ2) is 4.25. The minimum Gasteiger partial charge on any atom is -0.508 e. The van der Waals surface area contributed by atoms with E-state index in [1.807, 2.05) is 6.92 Å². The van der Waals surface area contributed by atoms with Crippen molar-refractivity contribution in [1.29, 1.82) is 0 Å². The fourth-order valence-electron chi connectivity index (χ4n) is 1.61. The lowest BCUT2D eigenvalue weighted by Crippen LogP contribution is -2.13. The maximum atomic E-state index is 11.1. The molecular weight excluding hydrogens is 216 g/mol. The molecule has 0 saturated carbocycles. The van der Waals surface area contributed by atoms with Crippen LogP contribution in [0.15, 0.2) is 36.5 Å². The molecule has 1 aromatic carbocycles. The molecule has 0 saturated heterocycles. The molecule has 4 nitrogen and oxygen atoms in total. The van der Waals surface area contributed by atoms with Gasteiger partial charge in [0.2, 0.25) is 0 Å². The number of carbonyl (C=O) groups excluding carboxylic acids is 1. The van der Waals surface area contributed by atoms with Gasteiger partial charge in [-0.05, 0) is 41.8 Å². The van der Waals surface area contributed by atoms with Crippen LogP contribution in [0, 0.1) is 6.92 Å². The number of amides is 1. The molecule has 1 amide bonds. The second-order valence-corrected chi connectivity index (χ2v) is 3.80. The molecule has 0 aliphatic heterocycles. The van der Waals surface area contributed by atoms with E-state index in [9.17, 15) is 9.90 Å². The third-order valence-electron chi connectivity index (χ3n) is 2.53. The van der Waals surface area contributed by atoms with Gasteiger partial charge in [-0.15, -0.1) is 0 Å². The molecule has 1 aromatic heterocycles. The lowest BCUT2D eigenvalue weighted by Gasteiger charge is -2.07. The van der Waals surface area contributed by atoms with E-state index in [0.29, 0.717) is 0 Å². The topological polar surface area (TPSA) is 76.2 Å². The quantitative estimate of drug-likeness (QED) is 0.823. The van der Waals surface area contributed by atoms with Gasteiger partial charge in [0.1, 0.15) is 11.4 Å². The molecule has 2 aromatic rings. The number of carbonyl (C=O) groups is 1. The van der Waals surface area contributed by atoms with Gasteiger partial charge in [-0.1, -0.05) is 12.1 Å². The summed E-state index contributed by atoms with van der Waals surface area (Å²) in [7, 11) is 0. The average molecular weight is 228 g/mol. The van der Waals surface area contributed by atoms with Gasteiger partial charge in [0, 0.05) is 6.20 Å². The number of aromatic hydroxyl groups is 1. The van der Waals surface area contributed by atoms with Gasteiger partial charge in [0.25, 0.3) is 5.91 Å². The first-order valence-corrected chi connectivity index (χ1v) is 5.14. The number of hydrogen-bond donors (Lipinski definition) is 2. The third-order valence-corrected chi connectivity index (χ3v) is 2.53. The minimum absolute atomic E-state index is 0.204. The first-order valence-electron chi connectivity index (χ1n) is 5.14. The highest BCUT2D eigenvalue weighted by Gasteiger charge is 2.07. The number of nitrogens with two attached hydrogens (primary N) is 1.